The molecule has 0 radical (unpaired) electrons. The fourth-order valence-electron chi connectivity index (χ4n) is 2.32. The Balaban J connectivity index is 2.48. The monoisotopic (exact) mass is 273 g/mol. The molecule has 0 aliphatic carbocycles. The maximum absolute atomic E-state index is 12.4. The first-order valence-corrected chi connectivity index (χ1v) is 6.44. The molecule has 0 fully saturated rings. The van der Waals surface area contributed by atoms with E-state index >= 15 is 0 Å². The first-order valence-electron chi connectivity index (χ1n) is 6.44. The second kappa shape index (κ2) is 5.88. The van der Waals surface area contributed by atoms with Crippen LogP contribution in [0.4, 0.5) is 0 Å². The molecular weight excluding hydrogens is 254 g/mol. The van der Waals surface area contributed by atoms with Crippen molar-refractivity contribution in [1.29, 1.82) is 0 Å². The lowest BCUT2D eigenvalue weighted by atomic mass is 9.89. The molecule has 5 nitrogen and oxygen atoms in total. The van der Waals surface area contributed by atoms with E-state index in [0.29, 0.717) is 6.54 Å². The number of aryl methyl sites for hydroxylation is 1. The van der Waals surface area contributed by atoms with Crippen LogP contribution < -0.4 is 5.32 Å². The van der Waals surface area contributed by atoms with Crippen LogP contribution >= 0.6 is 0 Å². The predicted octanol–water partition coefficient (Wildman–Crippen LogP) is 1.48. The summed E-state index contributed by atoms with van der Waals surface area (Å²) in [6.45, 7) is 2.33. The van der Waals surface area contributed by atoms with Crippen molar-refractivity contribution < 1.29 is 9.53 Å². The summed E-state index contributed by atoms with van der Waals surface area (Å²) in [6, 6.07) is 9.57. The SMILES string of the molecule is CNC(Cn1ccnc1C)(C(=O)OC)c1ccccc1. The highest BCUT2D eigenvalue weighted by Gasteiger charge is 2.40. The summed E-state index contributed by atoms with van der Waals surface area (Å²) in [6.07, 6.45) is 3.57. The largest absolute Gasteiger partial charge is 0.467 e. The van der Waals surface area contributed by atoms with E-state index in [0.717, 1.165) is 11.4 Å². The lowest BCUT2D eigenvalue weighted by Crippen LogP contribution is -2.51. The quantitative estimate of drug-likeness (QED) is 0.838. The Morgan fingerprint density at radius 2 is 2.10 bits per heavy atom. The number of benzene rings is 1. The van der Waals surface area contributed by atoms with E-state index in [1.54, 1.807) is 13.2 Å². The van der Waals surface area contributed by atoms with Crippen molar-refractivity contribution in [3.8, 4) is 0 Å². The third-order valence-electron chi connectivity index (χ3n) is 3.56. The molecule has 0 saturated heterocycles. The number of ether oxygens (including phenoxy) is 1. The van der Waals surface area contributed by atoms with Gasteiger partial charge in [0, 0.05) is 12.4 Å². The Kier molecular flexibility index (Phi) is 4.20. The van der Waals surface area contributed by atoms with Gasteiger partial charge < -0.3 is 9.30 Å². The number of aromatic nitrogens is 2. The van der Waals surface area contributed by atoms with Gasteiger partial charge in [-0.15, -0.1) is 0 Å². The predicted molar refractivity (Wildman–Crippen MR) is 76.2 cm³/mol. The molecule has 0 aliphatic heterocycles. The summed E-state index contributed by atoms with van der Waals surface area (Å²) in [4.78, 5) is 16.6. The zero-order valence-electron chi connectivity index (χ0n) is 12.0. The smallest absolute Gasteiger partial charge is 0.332 e. The highest BCUT2D eigenvalue weighted by molar-refractivity contribution is 5.82. The average molecular weight is 273 g/mol. The van der Waals surface area contributed by atoms with Gasteiger partial charge in [-0.25, -0.2) is 9.78 Å². The van der Waals surface area contributed by atoms with Crippen molar-refractivity contribution in [3.63, 3.8) is 0 Å². The van der Waals surface area contributed by atoms with Crippen molar-refractivity contribution in [2.75, 3.05) is 14.2 Å². The molecule has 0 aliphatic rings. The summed E-state index contributed by atoms with van der Waals surface area (Å²) in [5.41, 5.74) is -0.0657. The normalized spacial score (nSPS) is 13.8. The van der Waals surface area contributed by atoms with Crippen LogP contribution in [-0.2, 0) is 21.6 Å². The number of hydrogen-bond donors (Lipinski definition) is 1. The van der Waals surface area contributed by atoms with Crippen LogP contribution in [0.25, 0.3) is 0 Å². The number of carbonyl (C=O) groups is 1. The van der Waals surface area contributed by atoms with Gasteiger partial charge in [-0.2, -0.15) is 0 Å². The minimum absolute atomic E-state index is 0.320. The molecule has 20 heavy (non-hydrogen) atoms. The van der Waals surface area contributed by atoms with E-state index in [2.05, 4.69) is 10.3 Å². The van der Waals surface area contributed by atoms with E-state index in [1.807, 2.05) is 48.0 Å². The molecule has 1 unspecified atom stereocenters. The second-order valence-corrected chi connectivity index (χ2v) is 4.62. The maximum Gasteiger partial charge on any atom is 0.332 e. The van der Waals surface area contributed by atoms with E-state index in [-0.39, 0.29) is 5.97 Å². The molecule has 1 aromatic carbocycles. The molecular formula is C15H19N3O2. The number of rotatable bonds is 5. The van der Waals surface area contributed by atoms with Crippen LogP contribution in [0.15, 0.2) is 42.7 Å². The van der Waals surface area contributed by atoms with Crippen LogP contribution in [0.2, 0.25) is 0 Å². The Morgan fingerprint density at radius 3 is 2.60 bits per heavy atom. The topological polar surface area (TPSA) is 56.2 Å². The number of imidazole rings is 1. The summed E-state index contributed by atoms with van der Waals surface area (Å²) >= 11 is 0. The fourth-order valence-corrected chi connectivity index (χ4v) is 2.32. The molecule has 0 spiro atoms. The number of carbonyl (C=O) groups excluding carboxylic acids is 1. The highest BCUT2D eigenvalue weighted by atomic mass is 16.5. The van der Waals surface area contributed by atoms with Crippen molar-refractivity contribution >= 4 is 5.97 Å². The molecule has 1 aromatic heterocycles. The first kappa shape index (κ1) is 14.3. The lowest BCUT2D eigenvalue weighted by Gasteiger charge is -2.31. The zero-order valence-corrected chi connectivity index (χ0v) is 12.0. The molecule has 106 valence electrons. The molecule has 2 aromatic rings. The Hall–Kier alpha value is -2.14. The van der Waals surface area contributed by atoms with Gasteiger partial charge in [0.2, 0.25) is 0 Å². The molecule has 0 amide bonds. The van der Waals surface area contributed by atoms with Gasteiger partial charge in [-0.3, -0.25) is 5.32 Å². The van der Waals surface area contributed by atoms with Crippen LogP contribution in [0, 0.1) is 6.92 Å². The number of esters is 1. The Morgan fingerprint density at radius 1 is 1.40 bits per heavy atom. The van der Waals surface area contributed by atoms with Gasteiger partial charge in [-0.05, 0) is 19.5 Å². The minimum Gasteiger partial charge on any atom is -0.467 e. The van der Waals surface area contributed by atoms with Crippen molar-refractivity contribution in [2.45, 2.75) is 19.0 Å². The number of nitrogens with zero attached hydrogens (tertiary/aromatic N) is 2. The van der Waals surface area contributed by atoms with Gasteiger partial charge in [0.1, 0.15) is 5.82 Å². The average Bonchev–Trinajstić information content (AvgIpc) is 2.90. The van der Waals surface area contributed by atoms with Gasteiger partial charge >= 0.3 is 5.97 Å². The molecule has 1 heterocycles. The number of nitrogens with one attached hydrogen (secondary N) is 1. The van der Waals surface area contributed by atoms with Crippen LogP contribution in [0.5, 0.6) is 0 Å². The summed E-state index contributed by atoms with van der Waals surface area (Å²) in [5, 5.41) is 3.12. The Labute approximate surface area is 118 Å². The van der Waals surface area contributed by atoms with Crippen molar-refractivity contribution in [3.05, 3.63) is 54.1 Å². The highest BCUT2D eigenvalue weighted by Crippen LogP contribution is 2.25. The van der Waals surface area contributed by atoms with Gasteiger partial charge in [0.05, 0.1) is 13.7 Å². The van der Waals surface area contributed by atoms with Crippen LogP contribution in [-0.4, -0.2) is 29.7 Å². The van der Waals surface area contributed by atoms with E-state index < -0.39 is 5.54 Å². The number of hydrogen-bond acceptors (Lipinski definition) is 4. The summed E-state index contributed by atoms with van der Waals surface area (Å²) < 4.78 is 6.95. The van der Waals surface area contributed by atoms with E-state index in [4.69, 9.17) is 4.74 Å². The fraction of sp³-hybridized carbons (Fsp3) is 0.333. The lowest BCUT2D eigenvalue weighted by molar-refractivity contribution is -0.149. The van der Waals surface area contributed by atoms with E-state index in [1.165, 1.54) is 7.11 Å². The zero-order chi connectivity index (χ0) is 14.6. The minimum atomic E-state index is -0.929. The van der Waals surface area contributed by atoms with Gasteiger partial charge in [-0.1, -0.05) is 30.3 Å². The molecule has 1 N–H and O–H groups in total. The van der Waals surface area contributed by atoms with Crippen molar-refractivity contribution in [2.24, 2.45) is 0 Å². The summed E-state index contributed by atoms with van der Waals surface area (Å²) in [7, 11) is 3.16. The standard InChI is InChI=1S/C15H19N3O2/c1-12-17-9-10-18(12)11-15(16-2,14(19)20-3)13-7-5-4-6-8-13/h4-10,16H,11H2,1-3H3. The molecule has 0 bridgehead atoms. The Bertz CT molecular complexity index is 580. The van der Waals surface area contributed by atoms with Crippen LogP contribution in [0.3, 0.4) is 0 Å². The van der Waals surface area contributed by atoms with Crippen molar-refractivity contribution in [1.82, 2.24) is 14.9 Å². The molecule has 0 saturated carbocycles. The molecule has 2 rings (SSSR count). The maximum atomic E-state index is 12.4. The molecule has 1 atom stereocenters. The first-order chi connectivity index (χ1) is 9.64. The second-order valence-electron chi connectivity index (χ2n) is 4.62. The third kappa shape index (κ3) is 2.44. The van der Waals surface area contributed by atoms with Gasteiger partial charge in [0.25, 0.3) is 0 Å². The summed E-state index contributed by atoms with van der Waals surface area (Å²) in [5.74, 6) is 0.531. The van der Waals surface area contributed by atoms with Gasteiger partial charge in [0.15, 0.2) is 5.54 Å². The third-order valence-corrected chi connectivity index (χ3v) is 3.56. The number of likely N-dealkylation sites (N-methyl/N-ethyl adjacent to an activating group) is 1. The molecule has 5 heteroatoms. The van der Waals surface area contributed by atoms with E-state index in [9.17, 15) is 4.79 Å². The van der Waals surface area contributed by atoms with Crippen LogP contribution in [0.1, 0.15) is 11.4 Å². The number of methoxy groups -OCH3 is 1.